The van der Waals surface area contributed by atoms with E-state index in [1.54, 1.807) is 0 Å². The summed E-state index contributed by atoms with van der Waals surface area (Å²) in [5, 5.41) is 0. The second-order valence-corrected chi connectivity index (χ2v) is 2.71. The third kappa shape index (κ3) is 2.08. The molecule has 0 aromatic rings. The molecule has 3 heteroatoms. The topological polar surface area (TPSA) is 46.3 Å². The standard InChI is InChI=1S/C7H14N2O/c8-3-1-4-9-5-2-7(10)6-9/h1-6,8H2. The Hall–Kier alpha value is -0.410. The third-order valence-electron chi connectivity index (χ3n) is 1.79. The van der Waals surface area contributed by atoms with Crippen molar-refractivity contribution in [1.82, 2.24) is 4.90 Å². The Morgan fingerprint density at radius 3 is 2.90 bits per heavy atom. The van der Waals surface area contributed by atoms with Gasteiger partial charge in [0.15, 0.2) is 0 Å². The van der Waals surface area contributed by atoms with Crippen molar-refractivity contribution < 1.29 is 4.79 Å². The van der Waals surface area contributed by atoms with Gasteiger partial charge in [0.25, 0.3) is 0 Å². The molecule has 1 heterocycles. The van der Waals surface area contributed by atoms with E-state index in [9.17, 15) is 4.79 Å². The number of nitrogens with zero attached hydrogens (tertiary/aromatic N) is 1. The van der Waals surface area contributed by atoms with Crippen molar-refractivity contribution in [3.63, 3.8) is 0 Å². The van der Waals surface area contributed by atoms with Crippen molar-refractivity contribution in [2.24, 2.45) is 5.73 Å². The Morgan fingerprint density at radius 2 is 2.40 bits per heavy atom. The van der Waals surface area contributed by atoms with E-state index in [1.807, 2.05) is 0 Å². The first-order chi connectivity index (χ1) is 4.83. The van der Waals surface area contributed by atoms with Crippen LogP contribution in [-0.2, 0) is 4.79 Å². The molecule has 0 aromatic heterocycles. The smallest absolute Gasteiger partial charge is 0.148 e. The summed E-state index contributed by atoms with van der Waals surface area (Å²) in [5.74, 6) is 0.372. The number of carbonyl (C=O) groups excluding carboxylic acids is 1. The van der Waals surface area contributed by atoms with E-state index in [-0.39, 0.29) is 0 Å². The third-order valence-corrected chi connectivity index (χ3v) is 1.79. The molecular formula is C7H14N2O. The average molecular weight is 142 g/mol. The van der Waals surface area contributed by atoms with Gasteiger partial charge in [-0.15, -0.1) is 0 Å². The second-order valence-electron chi connectivity index (χ2n) is 2.71. The maximum atomic E-state index is 10.7. The van der Waals surface area contributed by atoms with Crippen molar-refractivity contribution in [2.75, 3.05) is 26.2 Å². The molecule has 0 aromatic carbocycles. The molecular weight excluding hydrogens is 128 g/mol. The fourth-order valence-corrected chi connectivity index (χ4v) is 1.20. The molecule has 3 nitrogen and oxygen atoms in total. The Kier molecular flexibility index (Phi) is 2.83. The number of hydrogen-bond donors (Lipinski definition) is 1. The van der Waals surface area contributed by atoms with E-state index >= 15 is 0 Å². The molecule has 0 bridgehead atoms. The Labute approximate surface area is 61.2 Å². The minimum atomic E-state index is 0.372. The highest BCUT2D eigenvalue weighted by Crippen LogP contribution is 2.03. The van der Waals surface area contributed by atoms with E-state index in [0.717, 1.165) is 32.5 Å². The number of rotatable bonds is 3. The lowest BCUT2D eigenvalue weighted by atomic mass is 10.4. The van der Waals surface area contributed by atoms with E-state index in [2.05, 4.69) is 4.90 Å². The molecule has 0 aliphatic carbocycles. The lowest BCUT2D eigenvalue weighted by Gasteiger charge is -2.11. The van der Waals surface area contributed by atoms with Crippen LogP contribution in [0.1, 0.15) is 12.8 Å². The van der Waals surface area contributed by atoms with Crippen LogP contribution in [0.25, 0.3) is 0 Å². The van der Waals surface area contributed by atoms with Crippen molar-refractivity contribution in [2.45, 2.75) is 12.8 Å². The van der Waals surface area contributed by atoms with Crippen LogP contribution in [0.3, 0.4) is 0 Å². The first-order valence-corrected chi connectivity index (χ1v) is 3.77. The number of likely N-dealkylation sites (tertiary alicyclic amines) is 1. The van der Waals surface area contributed by atoms with Gasteiger partial charge in [0.1, 0.15) is 5.78 Å². The van der Waals surface area contributed by atoms with Crippen molar-refractivity contribution >= 4 is 5.78 Å². The molecule has 0 radical (unpaired) electrons. The van der Waals surface area contributed by atoms with Gasteiger partial charge < -0.3 is 5.73 Å². The molecule has 1 rings (SSSR count). The number of Topliss-reactive ketones (excluding diaryl/α,β-unsaturated/α-hetero) is 1. The minimum absolute atomic E-state index is 0.372. The summed E-state index contributed by atoms with van der Waals surface area (Å²) in [5.41, 5.74) is 5.33. The molecule has 1 fully saturated rings. The summed E-state index contributed by atoms with van der Waals surface area (Å²) >= 11 is 0. The highest BCUT2D eigenvalue weighted by Gasteiger charge is 2.17. The molecule has 1 aliphatic rings. The van der Waals surface area contributed by atoms with Crippen LogP contribution in [0.4, 0.5) is 0 Å². The van der Waals surface area contributed by atoms with Gasteiger partial charge in [-0.25, -0.2) is 0 Å². The minimum Gasteiger partial charge on any atom is -0.330 e. The zero-order valence-electron chi connectivity index (χ0n) is 6.18. The summed E-state index contributed by atoms with van der Waals surface area (Å²) in [4.78, 5) is 12.9. The molecule has 1 saturated heterocycles. The SMILES string of the molecule is NCCCN1CCC(=O)C1. The van der Waals surface area contributed by atoms with Crippen molar-refractivity contribution in [1.29, 1.82) is 0 Å². The molecule has 58 valence electrons. The van der Waals surface area contributed by atoms with Crippen LogP contribution in [0.15, 0.2) is 0 Å². The zero-order chi connectivity index (χ0) is 7.40. The van der Waals surface area contributed by atoms with Gasteiger partial charge in [0, 0.05) is 13.0 Å². The maximum Gasteiger partial charge on any atom is 0.148 e. The monoisotopic (exact) mass is 142 g/mol. The van der Waals surface area contributed by atoms with Crippen LogP contribution < -0.4 is 5.73 Å². The highest BCUT2D eigenvalue weighted by molar-refractivity contribution is 5.82. The number of nitrogens with two attached hydrogens (primary N) is 1. The van der Waals surface area contributed by atoms with Crippen LogP contribution in [-0.4, -0.2) is 36.9 Å². The summed E-state index contributed by atoms with van der Waals surface area (Å²) in [7, 11) is 0. The van der Waals surface area contributed by atoms with Gasteiger partial charge in [-0.05, 0) is 19.5 Å². The highest BCUT2D eigenvalue weighted by atomic mass is 16.1. The molecule has 0 atom stereocenters. The zero-order valence-corrected chi connectivity index (χ0v) is 6.18. The quantitative estimate of drug-likeness (QED) is 0.583. The number of hydrogen-bond acceptors (Lipinski definition) is 3. The number of ketones is 1. The Balaban J connectivity index is 2.12. The fourth-order valence-electron chi connectivity index (χ4n) is 1.20. The Bertz CT molecular complexity index is 125. The summed E-state index contributed by atoms with van der Waals surface area (Å²) in [6.45, 7) is 3.31. The molecule has 2 N–H and O–H groups in total. The van der Waals surface area contributed by atoms with E-state index < -0.39 is 0 Å². The summed E-state index contributed by atoms with van der Waals surface area (Å²) < 4.78 is 0. The van der Waals surface area contributed by atoms with E-state index in [0.29, 0.717) is 12.3 Å². The van der Waals surface area contributed by atoms with Crippen molar-refractivity contribution in [3.05, 3.63) is 0 Å². The summed E-state index contributed by atoms with van der Waals surface area (Å²) in [6.07, 6.45) is 1.75. The van der Waals surface area contributed by atoms with Gasteiger partial charge in [-0.2, -0.15) is 0 Å². The predicted molar refractivity (Wildman–Crippen MR) is 39.7 cm³/mol. The normalized spacial score (nSPS) is 20.3. The molecule has 0 unspecified atom stereocenters. The van der Waals surface area contributed by atoms with Gasteiger partial charge in [0.2, 0.25) is 0 Å². The predicted octanol–water partition coefficient (Wildman–Crippen LogP) is -0.390. The first-order valence-electron chi connectivity index (χ1n) is 3.77. The van der Waals surface area contributed by atoms with Crippen LogP contribution in [0, 0.1) is 0 Å². The van der Waals surface area contributed by atoms with E-state index in [4.69, 9.17) is 5.73 Å². The molecule has 1 aliphatic heterocycles. The van der Waals surface area contributed by atoms with Crippen LogP contribution >= 0.6 is 0 Å². The molecule has 10 heavy (non-hydrogen) atoms. The molecule has 0 saturated carbocycles. The lowest BCUT2D eigenvalue weighted by molar-refractivity contribution is -0.116. The van der Waals surface area contributed by atoms with E-state index in [1.165, 1.54) is 0 Å². The van der Waals surface area contributed by atoms with Gasteiger partial charge >= 0.3 is 0 Å². The van der Waals surface area contributed by atoms with Crippen molar-refractivity contribution in [3.8, 4) is 0 Å². The lowest BCUT2D eigenvalue weighted by Crippen LogP contribution is -2.23. The maximum absolute atomic E-state index is 10.7. The second kappa shape index (κ2) is 3.68. The average Bonchev–Trinajstić information content (AvgIpc) is 2.31. The summed E-state index contributed by atoms with van der Waals surface area (Å²) in [6, 6.07) is 0. The van der Waals surface area contributed by atoms with Gasteiger partial charge in [-0.1, -0.05) is 0 Å². The van der Waals surface area contributed by atoms with Gasteiger partial charge in [-0.3, -0.25) is 9.69 Å². The molecule has 0 spiro atoms. The first kappa shape index (κ1) is 7.69. The van der Waals surface area contributed by atoms with Crippen LogP contribution in [0.5, 0.6) is 0 Å². The van der Waals surface area contributed by atoms with Crippen LogP contribution in [0.2, 0.25) is 0 Å². The number of carbonyl (C=O) groups is 1. The Morgan fingerprint density at radius 1 is 1.60 bits per heavy atom. The van der Waals surface area contributed by atoms with Gasteiger partial charge in [0.05, 0.1) is 6.54 Å². The molecule has 0 amide bonds. The largest absolute Gasteiger partial charge is 0.330 e. The fraction of sp³-hybridized carbons (Fsp3) is 0.857.